The first-order valence-corrected chi connectivity index (χ1v) is 5.72. The van der Waals surface area contributed by atoms with E-state index in [0.717, 1.165) is 0 Å². The maximum absolute atomic E-state index is 3.46. The van der Waals surface area contributed by atoms with Crippen LogP contribution in [0.5, 0.6) is 0 Å². The number of benzene rings is 1. The molecule has 0 aliphatic heterocycles. The van der Waals surface area contributed by atoms with Gasteiger partial charge >= 0.3 is 0 Å². The lowest BCUT2D eigenvalue weighted by atomic mass is 10.1. The van der Waals surface area contributed by atoms with Crippen LogP contribution in [0.3, 0.4) is 0 Å². The predicted molar refractivity (Wildman–Crippen MR) is 67.7 cm³/mol. The molecule has 0 spiro atoms. The van der Waals surface area contributed by atoms with Crippen LogP contribution in [-0.4, -0.2) is 0 Å². The Balaban J connectivity index is 2.83. The fourth-order valence-corrected chi connectivity index (χ4v) is 1.58. The average Bonchev–Trinajstić information content (AvgIpc) is 2.27. The molecule has 15 heavy (non-hydrogen) atoms. The molecule has 80 valence electrons. The second-order valence-corrected chi connectivity index (χ2v) is 4.00. The maximum atomic E-state index is 3.46. The Hall–Kier alpha value is -1.26. The molecule has 0 saturated carbocycles. The molecular weight excluding hydrogens is 180 g/mol. The summed E-state index contributed by atoms with van der Waals surface area (Å²) in [6, 6.07) is 10.5. The van der Waals surface area contributed by atoms with Crippen molar-refractivity contribution in [2.24, 2.45) is 0 Å². The van der Waals surface area contributed by atoms with Crippen molar-refractivity contribution in [1.82, 2.24) is 0 Å². The van der Waals surface area contributed by atoms with E-state index in [-0.39, 0.29) is 0 Å². The summed E-state index contributed by atoms with van der Waals surface area (Å²) >= 11 is 0. The Morgan fingerprint density at radius 3 is 2.40 bits per heavy atom. The third kappa shape index (κ3) is 4.18. The molecule has 1 aromatic carbocycles. The van der Waals surface area contributed by atoms with Crippen molar-refractivity contribution in [2.75, 3.05) is 0 Å². The molecule has 0 aliphatic rings. The fraction of sp³-hybridized carbons (Fsp3) is 0.400. The molecule has 1 aromatic rings. The van der Waals surface area contributed by atoms with Gasteiger partial charge in [-0.1, -0.05) is 43.7 Å². The largest absolute Gasteiger partial charge is 0.118 e. The lowest BCUT2D eigenvalue weighted by Crippen LogP contribution is -1.78. The van der Waals surface area contributed by atoms with Crippen molar-refractivity contribution >= 4 is 5.57 Å². The van der Waals surface area contributed by atoms with E-state index < -0.39 is 0 Å². The standard InChI is InChI=1S/C15H20/c1-4-5-9-13(2)12-14(3)15-10-7-6-8-11-15/h6-8,10-11H,4-5,9H2,1-3H3. The second-order valence-electron chi connectivity index (χ2n) is 4.00. The molecule has 0 unspecified atom stereocenters. The maximum Gasteiger partial charge on any atom is -0.00196 e. The molecule has 0 amide bonds. The van der Waals surface area contributed by atoms with Crippen molar-refractivity contribution in [3.63, 3.8) is 0 Å². The van der Waals surface area contributed by atoms with Gasteiger partial charge in [0.05, 0.1) is 0 Å². The zero-order valence-electron chi connectivity index (χ0n) is 10.0. The summed E-state index contributed by atoms with van der Waals surface area (Å²) < 4.78 is 0. The lowest BCUT2D eigenvalue weighted by molar-refractivity contribution is 0.788. The van der Waals surface area contributed by atoms with Gasteiger partial charge in [0.2, 0.25) is 0 Å². The van der Waals surface area contributed by atoms with E-state index in [1.54, 1.807) is 0 Å². The molecule has 0 nitrogen and oxygen atoms in total. The molecule has 0 saturated heterocycles. The van der Waals surface area contributed by atoms with Crippen LogP contribution in [0.2, 0.25) is 0 Å². The van der Waals surface area contributed by atoms with Crippen LogP contribution < -0.4 is 0 Å². The summed E-state index contributed by atoms with van der Waals surface area (Å²) in [4.78, 5) is 0. The zero-order valence-corrected chi connectivity index (χ0v) is 10.0. The van der Waals surface area contributed by atoms with E-state index in [1.807, 2.05) is 6.07 Å². The summed E-state index contributed by atoms with van der Waals surface area (Å²) in [5, 5.41) is 0. The Labute approximate surface area is 93.3 Å². The highest BCUT2D eigenvalue weighted by atomic mass is 14.0. The number of rotatable bonds is 4. The first-order valence-electron chi connectivity index (χ1n) is 5.72. The van der Waals surface area contributed by atoms with Crippen LogP contribution in [0, 0.1) is 0 Å². The first kappa shape index (κ1) is 11.8. The fourth-order valence-electron chi connectivity index (χ4n) is 1.58. The number of hydrogen-bond acceptors (Lipinski definition) is 0. The summed E-state index contributed by atoms with van der Waals surface area (Å²) in [5.41, 5.74) is 7.34. The van der Waals surface area contributed by atoms with E-state index in [0.29, 0.717) is 0 Å². The quantitative estimate of drug-likeness (QED) is 0.611. The van der Waals surface area contributed by atoms with Gasteiger partial charge < -0.3 is 0 Å². The average molecular weight is 200 g/mol. The van der Waals surface area contributed by atoms with Gasteiger partial charge in [0.1, 0.15) is 0 Å². The molecular formula is C15H20. The van der Waals surface area contributed by atoms with Crippen molar-refractivity contribution in [3.05, 3.63) is 47.2 Å². The molecule has 0 atom stereocenters. The van der Waals surface area contributed by atoms with Crippen molar-refractivity contribution in [2.45, 2.75) is 40.0 Å². The van der Waals surface area contributed by atoms with Gasteiger partial charge in [0.25, 0.3) is 0 Å². The van der Waals surface area contributed by atoms with Crippen molar-refractivity contribution in [3.8, 4) is 0 Å². The highest BCUT2D eigenvalue weighted by molar-refractivity contribution is 5.63. The number of hydrogen-bond donors (Lipinski definition) is 0. The second kappa shape index (κ2) is 6.27. The van der Waals surface area contributed by atoms with Gasteiger partial charge in [0, 0.05) is 0 Å². The Morgan fingerprint density at radius 2 is 1.80 bits per heavy atom. The molecule has 0 bridgehead atoms. The van der Waals surface area contributed by atoms with Gasteiger partial charge in [-0.3, -0.25) is 0 Å². The summed E-state index contributed by atoms with van der Waals surface area (Å²) in [7, 11) is 0. The van der Waals surface area contributed by atoms with Crippen LogP contribution in [-0.2, 0) is 0 Å². The summed E-state index contributed by atoms with van der Waals surface area (Å²) in [6.07, 6.45) is 3.69. The number of unbranched alkanes of at least 4 members (excludes halogenated alkanes) is 1. The first-order chi connectivity index (χ1) is 7.24. The van der Waals surface area contributed by atoms with Crippen LogP contribution in [0.25, 0.3) is 5.57 Å². The number of allylic oxidation sites excluding steroid dienone is 1. The molecule has 0 heteroatoms. The van der Waals surface area contributed by atoms with Gasteiger partial charge in [0.15, 0.2) is 0 Å². The van der Waals surface area contributed by atoms with E-state index in [2.05, 4.69) is 50.8 Å². The summed E-state index contributed by atoms with van der Waals surface area (Å²) in [6.45, 7) is 6.52. The SMILES string of the molecule is CCCCC(C)=C=C(C)c1ccccc1. The lowest BCUT2D eigenvalue weighted by Gasteiger charge is -1.99. The molecule has 0 aliphatic carbocycles. The molecule has 0 N–H and O–H groups in total. The van der Waals surface area contributed by atoms with E-state index in [9.17, 15) is 0 Å². The highest BCUT2D eigenvalue weighted by Gasteiger charge is 1.93. The Kier molecular flexibility index (Phi) is 4.93. The van der Waals surface area contributed by atoms with E-state index in [1.165, 1.54) is 36.0 Å². The Bertz CT molecular complexity index is 351. The minimum Gasteiger partial charge on any atom is -0.118 e. The summed E-state index contributed by atoms with van der Waals surface area (Å²) in [5.74, 6) is 0. The molecule has 0 heterocycles. The van der Waals surface area contributed by atoms with E-state index in [4.69, 9.17) is 0 Å². The van der Waals surface area contributed by atoms with E-state index >= 15 is 0 Å². The monoisotopic (exact) mass is 200 g/mol. The third-order valence-electron chi connectivity index (χ3n) is 2.51. The van der Waals surface area contributed by atoms with Crippen molar-refractivity contribution in [1.29, 1.82) is 0 Å². The van der Waals surface area contributed by atoms with Gasteiger partial charge in [-0.25, -0.2) is 0 Å². The van der Waals surface area contributed by atoms with Gasteiger partial charge in [-0.15, -0.1) is 5.73 Å². The minimum absolute atomic E-state index is 1.17. The van der Waals surface area contributed by atoms with Crippen molar-refractivity contribution < 1.29 is 0 Å². The third-order valence-corrected chi connectivity index (χ3v) is 2.51. The normalized spacial score (nSPS) is 9.53. The van der Waals surface area contributed by atoms with Crippen LogP contribution in [0.15, 0.2) is 41.6 Å². The highest BCUT2D eigenvalue weighted by Crippen LogP contribution is 2.13. The van der Waals surface area contributed by atoms with Crippen LogP contribution in [0.4, 0.5) is 0 Å². The molecule has 1 rings (SSSR count). The van der Waals surface area contributed by atoms with Crippen LogP contribution >= 0.6 is 0 Å². The molecule has 0 fully saturated rings. The van der Waals surface area contributed by atoms with Crippen LogP contribution in [0.1, 0.15) is 45.6 Å². The van der Waals surface area contributed by atoms with Gasteiger partial charge in [-0.2, -0.15) is 0 Å². The smallest absolute Gasteiger partial charge is 0.00196 e. The predicted octanol–water partition coefficient (Wildman–Crippen LogP) is 4.83. The van der Waals surface area contributed by atoms with Gasteiger partial charge in [-0.05, 0) is 43.4 Å². The minimum atomic E-state index is 1.17. The Morgan fingerprint density at radius 1 is 1.13 bits per heavy atom. The zero-order chi connectivity index (χ0) is 11.1. The molecule has 0 aromatic heterocycles. The molecule has 0 radical (unpaired) electrons. The topological polar surface area (TPSA) is 0 Å².